The highest BCUT2D eigenvalue weighted by Gasteiger charge is 2.21. The van der Waals surface area contributed by atoms with E-state index in [4.69, 9.17) is 5.73 Å². The lowest BCUT2D eigenvalue weighted by molar-refractivity contribution is 0.0687. The highest BCUT2D eigenvalue weighted by molar-refractivity contribution is 7.14. The topological polar surface area (TPSA) is 46.3 Å². The molecular weight excluding hydrogens is 268 g/mol. The Labute approximate surface area is 126 Å². The molecule has 2 N–H and O–H groups in total. The number of carbonyl (C=O) groups is 1. The Morgan fingerprint density at radius 3 is 2.55 bits per heavy atom. The highest BCUT2D eigenvalue weighted by atomic mass is 32.1. The van der Waals surface area contributed by atoms with Crippen LogP contribution in [0.5, 0.6) is 0 Å². The molecule has 1 amide bonds. The van der Waals surface area contributed by atoms with Crippen molar-refractivity contribution in [1.29, 1.82) is 0 Å². The van der Waals surface area contributed by atoms with Crippen LogP contribution in [0.4, 0.5) is 0 Å². The molecule has 1 heterocycles. The maximum atomic E-state index is 12.6. The summed E-state index contributed by atoms with van der Waals surface area (Å²) in [5.41, 5.74) is 6.44. The molecule has 0 spiro atoms. The van der Waals surface area contributed by atoms with E-state index in [0.29, 0.717) is 12.5 Å². The monoisotopic (exact) mass is 292 g/mol. The first-order valence-electron chi connectivity index (χ1n) is 6.97. The number of thiophene rings is 1. The Morgan fingerprint density at radius 2 is 2.05 bits per heavy atom. The van der Waals surface area contributed by atoms with Crippen LogP contribution in [0.1, 0.15) is 47.8 Å². The molecule has 0 radical (unpaired) electrons. The van der Waals surface area contributed by atoms with Gasteiger partial charge in [0.15, 0.2) is 0 Å². The fourth-order valence-corrected chi connectivity index (χ4v) is 2.91. The molecule has 0 atom stereocenters. The Hall–Kier alpha value is -1.31. The van der Waals surface area contributed by atoms with Crippen molar-refractivity contribution in [1.82, 2.24) is 4.90 Å². The van der Waals surface area contributed by atoms with Crippen molar-refractivity contribution in [3.63, 3.8) is 0 Å². The van der Waals surface area contributed by atoms with Crippen LogP contribution in [0.15, 0.2) is 6.07 Å². The van der Waals surface area contributed by atoms with Gasteiger partial charge >= 0.3 is 0 Å². The molecule has 1 aromatic heterocycles. The molecule has 1 aromatic rings. The number of rotatable bonds is 4. The average Bonchev–Trinajstić information content (AvgIpc) is 2.73. The minimum Gasteiger partial charge on any atom is -0.335 e. The number of nitrogens with two attached hydrogens (primary N) is 1. The fraction of sp³-hybridized carbons (Fsp3) is 0.562. The van der Waals surface area contributed by atoms with Crippen molar-refractivity contribution >= 4 is 17.2 Å². The van der Waals surface area contributed by atoms with Crippen molar-refractivity contribution in [2.75, 3.05) is 13.1 Å². The quantitative estimate of drug-likeness (QED) is 0.867. The van der Waals surface area contributed by atoms with Gasteiger partial charge in [0.05, 0.1) is 16.3 Å². The minimum absolute atomic E-state index is 0.0996. The van der Waals surface area contributed by atoms with Crippen LogP contribution in [0.3, 0.4) is 0 Å². The maximum absolute atomic E-state index is 12.6. The summed E-state index contributed by atoms with van der Waals surface area (Å²) in [5, 5.41) is 0. The lowest BCUT2D eigenvalue weighted by Gasteiger charge is -2.28. The maximum Gasteiger partial charge on any atom is 0.264 e. The number of hydrogen-bond donors (Lipinski definition) is 1. The Kier molecular flexibility index (Phi) is 6.25. The molecular formula is C16H24N2OS. The van der Waals surface area contributed by atoms with Crippen molar-refractivity contribution in [3.05, 3.63) is 21.4 Å². The average molecular weight is 292 g/mol. The van der Waals surface area contributed by atoms with Crippen molar-refractivity contribution in [2.45, 2.75) is 40.7 Å². The van der Waals surface area contributed by atoms with Gasteiger partial charge in [0.1, 0.15) is 0 Å². The second-order valence-corrected chi connectivity index (χ2v) is 6.63. The van der Waals surface area contributed by atoms with Crippen LogP contribution in [-0.4, -0.2) is 29.9 Å². The molecule has 1 rings (SSSR count). The second kappa shape index (κ2) is 7.47. The molecule has 0 aliphatic heterocycles. The molecule has 0 aromatic carbocycles. The summed E-state index contributed by atoms with van der Waals surface area (Å²) in [4.78, 5) is 16.3. The zero-order valence-electron chi connectivity index (χ0n) is 13.0. The molecule has 0 fully saturated rings. The van der Waals surface area contributed by atoms with Gasteiger partial charge in [-0.05, 0) is 38.3 Å². The van der Waals surface area contributed by atoms with Crippen LogP contribution in [0, 0.1) is 24.7 Å². The Bertz CT molecular complexity index is 520. The van der Waals surface area contributed by atoms with E-state index in [2.05, 4.69) is 39.5 Å². The molecule has 4 heteroatoms. The van der Waals surface area contributed by atoms with Gasteiger partial charge in [0, 0.05) is 12.6 Å². The summed E-state index contributed by atoms with van der Waals surface area (Å²) in [6.45, 7) is 11.5. The first-order valence-corrected chi connectivity index (χ1v) is 7.78. The lowest BCUT2D eigenvalue weighted by atomic mass is 10.1. The second-order valence-electron chi connectivity index (χ2n) is 5.57. The summed E-state index contributed by atoms with van der Waals surface area (Å²) in [6, 6.07) is 2.13. The molecule has 0 bridgehead atoms. The largest absolute Gasteiger partial charge is 0.335 e. The molecule has 0 unspecified atom stereocenters. The Morgan fingerprint density at radius 1 is 1.40 bits per heavy atom. The van der Waals surface area contributed by atoms with Crippen LogP contribution < -0.4 is 5.73 Å². The van der Waals surface area contributed by atoms with Gasteiger partial charge in [-0.3, -0.25) is 4.79 Å². The summed E-state index contributed by atoms with van der Waals surface area (Å²) in [6.07, 6.45) is 0. The third kappa shape index (κ3) is 4.36. The van der Waals surface area contributed by atoms with E-state index in [1.165, 1.54) is 11.3 Å². The van der Waals surface area contributed by atoms with Gasteiger partial charge in [0.2, 0.25) is 0 Å². The zero-order chi connectivity index (χ0) is 15.3. The third-order valence-corrected chi connectivity index (χ3v) is 4.02. The molecule has 0 aliphatic rings. The Balaban J connectivity index is 3.00. The van der Waals surface area contributed by atoms with Crippen LogP contribution >= 0.6 is 11.3 Å². The van der Waals surface area contributed by atoms with E-state index in [9.17, 15) is 4.79 Å². The van der Waals surface area contributed by atoms with Gasteiger partial charge in [-0.1, -0.05) is 25.7 Å². The molecule has 0 saturated heterocycles. The first-order chi connectivity index (χ1) is 9.36. The van der Waals surface area contributed by atoms with Gasteiger partial charge in [-0.2, -0.15) is 0 Å². The smallest absolute Gasteiger partial charge is 0.264 e. The van der Waals surface area contributed by atoms with E-state index < -0.39 is 0 Å². The summed E-state index contributed by atoms with van der Waals surface area (Å²) in [5.74, 6) is 6.43. The minimum atomic E-state index is 0.0996. The molecule has 110 valence electrons. The van der Waals surface area contributed by atoms with Crippen LogP contribution in [0.2, 0.25) is 0 Å². The van der Waals surface area contributed by atoms with Crippen LogP contribution in [0.25, 0.3) is 0 Å². The predicted molar refractivity (Wildman–Crippen MR) is 86.0 cm³/mol. The lowest BCUT2D eigenvalue weighted by Crippen LogP contribution is -2.39. The van der Waals surface area contributed by atoms with Crippen molar-refractivity contribution in [2.24, 2.45) is 11.7 Å². The summed E-state index contributed by atoms with van der Waals surface area (Å²) in [7, 11) is 0. The van der Waals surface area contributed by atoms with Crippen LogP contribution in [-0.2, 0) is 0 Å². The molecule has 0 saturated carbocycles. The number of amides is 1. The van der Waals surface area contributed by atoms with E-state index in [0.717, 1.165) is 21.9 Å². The number of hydrogen-bond acceptors (Lipinski definition) is 3. The van der Waals surface area contributed by atoms with E-state index in [1.54, 1.807) is 0 Å². The molecule has 20 heavy (non-hydrogen) atoms. The predicted octanol–water partition coefficient (Wildman–Crippen LogP) is 2.87. The molecule has 0 aliphatic carbocycles. The molecule has 3 nitrogen and oxygen atoms in total. The highest BCUT2D eigenvalue weighted by Crippen LogP contribution is 2.23. The summed E-state index contributed by atoms with van der Waals surface area (Å²) < 4.78 is 0. The van der Waals surface area contributed by atoms with E-state index in [1.807, 2.05) is 17.9 Å². The van der Waals surface area contributed by atoms with E-state index in [-0.39, 0.29) is 11.9 Å². The van der Waals surface area contributed by atoms with Gasteiger partial charge in [-0.25, -0.2) is 0 Å². The normalized spacial score (nSPS) is 10.6. The first kappa shape index (κ1) is 16.7. The van der Waals surface area contributed by atoms with Crippen molar-refractivity contribution < 1.29 is 4.79 Å². The fourth-order valence-electron chi connectivity index (χ4n) is 1.91. The van der Waals surface area contributed by atoms with Gasteiger partial charge < -0.3 is 10.6 Å². The third-order valence-electron chi connectivity index (χ3n) is 2.88. The van der Waals surface area contributed by atoms with E-state index >= 15 is 0 Å². The van der Waals surface area contributed by atoms with Crippen molar-refractivity contribution in [3.8, 4) is 11.8 Å². The van der Waals surface area contributed by atoms with Gasteiger partial charge in [0.25, 0.3) is 5.91 Å². The standard InChI is InChI=1S/C16H24N2OS/c1-11(2)10-18(12(3)4)16(19)15-9-13(5)14(20-15)7-6-8-17/h9,11-12H,8,10,17H2,1-5H3. The summed E-state index contributed by atoms with van der Waals surface area (Å²) >= 11 is 1.46. The number of aryl methyl sites for hydroxylation is 1. The van der Waals surface area contributed by atoms with Gasteiger partial charge in [-0.15, -0.1) is 11.3 Å². The number of nitrogens with zero attached hydrogens (tertiary/aromatic N) is 1. The number of carbonyl (C=O) groups excluding carboxylic acids is 1. The SMILES string of the molecule is Cc1cc(C(=O)N(CC(C)C)C(C)C)sc1C#CCN. The zero-order valence-corrected chi connectivity index (χ0v) is 13.8.